The highest BCUT2D eigenvalue weighted by atomic mass is 15.1. The molecule has 0 radical (unpaired) electrons. The van der Waals surface area contributed by atoms with Gasteiger partial charge in [-0.2, -0.15) is 0 Å². The third kappa shape index (κ3) is 1.15. The average molecular weight is 138 g/mol. The highest BCUT2D eigenvalue weighted by molar-refractivity contribution is 5.16. The Morgan fingerprint density at radius 1 is 1.60 bits per heavy atom. The standard InChI is InChI=1S/C8H14N2/c1-4-8-7(2)10(3)6-5-9-8/h5-6,9H,4H2,1-3H3. The summed E-state index contributed by atoms with van der Waals surface area (Å²) in [5.41, 5.74) is 2.62. The molecule has 0 saturated carbocycles. The number of hydrogen-bond donors (Lipinski definition) is 1. The summed E-state index contributed by atoms with van der Waals surface area (Å²) in [5, 5.41) is 3.21. The van der Waals surface area contributed by atoms with Crippen LogP contribution >= 0.6 is 0 Å². The second-order valence-corrected chi connectivity index (χ2v) is 2.49. The van der Waals surface area contributed by atoms with Gasteiger partial charge in [0.25, 0.3) is 0 Å². The first-order chi connectivity index (χ1) is 4.75. The van der Waals surface area contributed by atoms with Gasteiger partial charge >= 0.3 is 0 Å². The van der Waals surface area contributed by atoms with Crippen molar-refractivity contribution in [3.63, 3.8) is 0 Å². The molecule has 10 heavy (non-hydrogen) atoms. The lowest BCUT2D eigenvalue weighted by molar-refractivity contribution is 0.532. The molecule has 0 bridgehead atoms. The zero-order chi connectivity index (χ0) is 7.56. The summed E-state index contributed by atoms with van der Waals surface area (Å²) < 4.78 is 0. The third-order valence-electron chi connectivity index (χ3n) is 1.88. The summed E-state index contributed by atoms with van der Waals surface area (Å²) in [7, 11) is 2.06. The van der Waals surface area contributed by atoms with Crippen molar-refractivity contribution in [1.29, 1.82) is 0 Å². The minimum atomic E-state index is 1.07. The molecule has 0 atom stereocenters. The molecule has 2 nitrogen and oxygen atoms in total. The van der Waals surface area contributed by atoms with Gasteiger partial charge in [0, 0.05) is 30.8 Å². The van der Waals surface area contributed by atoms with Crippen LogP contribution in [0.15, 0.2) is 23.8 Å². The Hall–Kier alpha value is -0.920. The van der Waals surface area contributed by atoms with E-state index in [1.807, 2.05) is 12.4 Å². The van der Waals surface area contributed by atoms with Gasteiger partial charge in [0.2, 0.25) is 0 Å². The number of hydrogen-bond acceptors (Lipinski definition) is 2. The SMILES string of the molecule is CCC1=C(C)N(C)C=CN1. The summed E-state index contributed by atoms with van der Waals surface area (Å²) in [5.74, 6) is 0. The molecular formula is C8H14N2. The predicted octanol–water partition coefficient (Wildman–Crippen LogP) is 1.63. The Morgan fingerprint density at radius 3 is 2.80 bits per heavy atom. The monoisotopic (exact) mass is 138 g/mol. The van der Waals surface area contributed by atoms with Crippen molar-refractivity contribution in [1.82, 2.24) is 10.2 Å². The summed E-state index contributed by atoms with van der Waals surface area (Å²) in [6, 6.07) is 0. The molecule has 0 aromatic rings. The van der Waals surface area contributed by atoms with E-state index in [0.717, 1.165) is 6.42 Å². The first-order valence-electron chi connectivity index (χ1n) is 3.61. The van der Waals surface area contributed by atoms with E-state index in [2.05, 4.69) is 31.1 Å². The van der Waals surface area contributed by atoms with Crippen LogP contribution in [-0.4, -0.2) is 11.9 Å². The van der Waals surface area contributed by atoms with Gasteiger partial charge in [-0.25, -0.2) is 0 Å². The fraction of sp³-hybridized carbons (Fsp3) is 0.500. The van der Waals surface area contributed by atoms with Gasteiger partial charge in [-0.05, 0) is 13.3 Å². The number of allylic oxidation sites excluding steroid dienone is 2. The Bertz CT molecular complexity index is 180. The maximum Gasteiger partial charge on any atom is 0.0339 e. The van der Waals surface area contributed by atoms with Crippen molar-refractivity contribution in [2.75, 3.05) is 7.05 Å². The van der Waals surface area contributed by atoms with E-state index in [1.54, 1.807) is 0 Å². The van der Waals surface area contributed by atoms with Crippen molar-refractivity contribution in [3.05, 3.63) is 23.8 Å². The summed E-state index contributed by atoms with van der Waals surface area (Å²) in [6.45, 7) is 4.27. The van der Waals surface area contributed by atoms with Gasteiger partial charge in [0.15, 0.2) is 0 Å². The van der Waals surface area contributed by atoms with Crippen molar-refractivity contribution >= 4 is 0 Å². The maximum absolute atomic E-state index is 3.21. The fourth-order valence-electron chi connectivity index (χ4n) is 1.04. The molecule has 0 aliphatic carbocycles. The molecule has 0 amide bonds. The molecule has 1 aliphatic heterocycles. The van der Waals surface area contributed by atoms with E-state index in [0.29, 0.717) is 0 Å². The second-order valence-electron chi connectivity index (χ2n) is 2.49. The van der Waals surface area contributed by atoms with Crippen molar-refractivity contribution in [2.45, 2.75) is 20.3 Å². The molecule has 1 aliphatic rings. The molecular weight excluding hydrogens is 124 g/mol. The highest BCUT2D eigenvalue weighted by Crippen LogP contribution is 2.12. The van der Waals surface area contributed by atoms with E-state index >= 15 is 0 Å². The first-order valence-corrected chi connectivity index (χ1v) is 3.61. The Kier molecular flexibility index (Phi) is 2.00. The number of rotatable bonds is 1. The fourth-order valence-corrected chi connectivity index (χ4v) is 1.04. The van der Waals surface area contributed by atoms with Gasteiger partial charge in [0.05, 0.1) is 0 Å². The molecule has 0 saturated heterocycles. The van der Waals surface area contributed by atoms with Gasteiger partial charge in [-0.3, -0.25) is 0 Å². The molecule has 1 N–H and O–H groups in total. The van der Waals surface area contributed by atoms with Crippen molar-refractivity contribution < 1.29 is 0 Å². The molecule has 1 heterocycles. The van der Waals surface area contributed by atoms with E-state index < -0.39 is 0 Å². The van der Waals surface area contributed by atoms with Gasteiger partial charge in [0.1, 0.15) is 0 Å². The molecule has 56 valence electrons. The Labute approximate surface area is 62.2 Å². The van der Waals surface area contributed by atoms with Crippen LogP contribution in [0.4, 0.5) is 0 Å². The van der Waals surface area contributed by atoms with Crippen molar-refractivity contribution in [2.24, 2.45) is 0 Å². The normalized spacial score (nSPS) is 17.7. The third-order valence-corrected chi connectivity index (χ3v) is 1.88. The molecule has 1 rings (SSSR count). The maximum atomic E-state index is 3.21. The van der Waals surface area contributed by atoms with Crippen LogP contribution in [0.3, 0.4) is 0 Å². The van der Waals surface area contributed by atoms with Gasteiger partial charge in [-0.15, -0.1) is 0 Å². The van der Waals surface area contributed by atoms with Gasteiger partial charge in [-0.1, -0.05) is 6.92 Å². The lowest BCUT2D eigenvalue weighted by atomic mass is 10.2. The Balaban J connectivity index is 2.77. The van der Waals surface area contributed by atoms with Crippen LogP contribution in [-0.2, 0) is 0 Å². The van der Waals surface area contributed by atoms with E-state index in [-0.39, 0.29) is 0 Å². The number of nitrogens with one attached hydrogen (secondary N) is 1. The van der Waals surface area contributed by atoms with Crippen molar-refractivity contribution in [3.8, 4) is 0 Å². The first kappa shape index (κ1) is 7.19. The minimum absolute atomic E-state index is 1.07. The van der Waals surface area contributed by atoms with Crippen LogP contribution < -0.4 is 5.32 Å². The molecule has 0 aromatic heterocycles. The largest absolute Gasteiger partial charge is 0.362 e. The topological polar surface area (TPSA) is 15.3 Å². The summed E-state index contributed by atoms with van der Waals surface area (Å²) >= 11 is 0. The molecule has 0 spiro atoms. The Morgan fingerprint density at radius 2 is 2.30 bits per heavy atom. The summed E-state index contributed by atoms with van der Waals surface area (Å²) in [6.07, 6.45) is 5.06. The van der Waals surface area contributed by atoms with Crippen LogP contribution in [0.2, 0.25) is 0 Å². The molecule has 0 fully saturated rings. The smallest absolute Gasteiger partial charge is 0.0339 e. The molecule has 2 heteroatoms. The molecule has 0 aromatic carbocycles. The lowest BCUT2D eigenvalue weighted by Crippen LogP contribution is -2.21. The van der Waals surface area contributed by atoms with E-state index in [4.69, 9.17) is 0 Å². The lowest BCUT2D eigenvalue weighted by Gasteiger charge is -2.23. The van der Waals surface area contributed by atoms with Crippen LogP contribution in [0.5, 0.6) is 0 Å². The van der Waals surface area contributed by atoms with Crippen LogP contribution in [0, 0.1) is 0 Å². The van der Waals surface area contributed by atoms with E-state index in [1.165, 1.54) is 11.4 Å². The zero-order valence-corrected chi connectivity index (χ0v) is 6.81. The van der Waals surface area contributed by atoms with E-state index in [9.17, 15) is 0 Å². The highest BCUT2D eigenvalue weighted by Gasteiger charge is 2.05. The van der Waals surface area contributed by atoms with Crippen LogP contribution in [0.1, 0.15) is 20.3 Å². The second kappa shape index (κ2) is 2.78. The average Bonchev–Trinajstić information content (AvgIpc) is 1.95. The van der Waals surface area contributed by atoms with Crippen LogP contribution in [0.25, 0.3) is 0 Å². The number of nitrogens with zero attached hydrogens (tertiary/aromatic N) is 1. The zero-order valence-electron chi connectivity index (χ0n) is 6.81. The predicted molar refractivity (Wildman–Crippen MR) is 43.0 cm³/mol. The summed E-state index contributed by atoms with van der Waals surface area (Å²) in [4.78, 5) is 2.12. The molecule has 0 unspecified atom stereocenters. The quantitative estimate of drug-likeness (QED) is 0.592. The minimum Gasteiger partial charge on any atom is -0.362 e. The van der Waals surface area contributed by atoms with Gasteiger partial charge < -0.3 is 10.2 Å².